The monoisotopic (exact) mass is 826 g/mol. The molecule has 0 bridgehead atoms. The summed E-state index contributed by atoms with van der Waals surface area (Å²) >= 11 is 0. The second kappa shape index (κ2) is 15.6. The maximum Gasteiger partial charge on any atom is 0.269 e. The summed E-state index contributed by atoms with van der Waals surface area (Å²) in [6.45, 7) is 22.7. The van der Waals surface area contributed by atoms with Crippen molar-refractivity contribution in [1.29, 1.82) is 0 Å². The number of rotatable bonds is 9. The number of benzene rings is 6. The highest BCUT2D eigenvalue weighted by Gasteiger charge is 2.30. The highest BCUT2D eigenvalue weighted by atomic mass is 16.5. The van der Waals surface area contributed by atoms with Gasteiger partial charge in [0.05, 0.1) is 28.1 Å². The maximum atomic E-state index is 6.98. The third-order valence-electron chi connectivity index (χ3n) is 12.9. The lowest BCUT2D eigenvalue weighted by atomic mass is 9.78. The Bertz CT molecular complexity index is 3100. The Morgan fingerprint density at radius 2 is 1.17 bits per heavy atom. The summed E-state index contributed by atoms with van der Waals surface area (Å²) in [5, 5.41) is 2.42. The topological polar surface area (TPSA) is 35.9 Å². The SMILES string of the molecule is CC(C)(C)c1ccnc(-n2c3ccccc3c3c(C(C)(C)C)cc(Oc4cccc(-n5[c-][n+](-c6cccc(C(C)(C)c7ccccc7)c6)cc5C(C)(C)c5ccccc5)c4)cc32)c1. The number of aromatic nitrogens is 4. The number of pyridine rings is 1. The van der Waals surface area contributed by atoms with E-state index in [1.807, 2.05) is 12.3 Å². The zero-order valence-corrected chi connectivity index (χ0v) is 38.4. The molecule has 9 aromatic rings. The average molecular weight is 827 g/mol. The molecule has 0 saturated carbocycles. The van der Waals surface area contributed by atoms with Gasteiger partial charge in [-0.25, -0.2) is 4.98 Å². The first kappa shape index (κ1) is 41.6. The molecule has 316 valence electrons. The predicted octanol–water partition coefficient (Wildman–Crippen LogP) is 14.1. The Morgan fingerprint density at radius 3 is 1.87 bits per heavy atom. The smallest absolute Gasteiger partial charge is 0.269 e. The van der Waals surface area contributed by atoms with Crippen LogP contribution in [0.15, 0.2) is 170 Å². The van der Waals surface area contributed by atoms with Crippen molar-refractivity contribution in [3.05, 3.63) is 210 Å². The Hall–Kier alpha value is -6.72. The molecule has 5 nitrogen and oxygen atoms in total. The second-order valence-electron chi connectivity index (χ2n) is 20.1. The van der Waals surface area contributed by atoms with Crippen LogP contribution in [0.1, 0.15) is 103 Å². The summed E-state index contributed by atoms with van der Waals surface area (Å²) in [6, 6.07) is 56.1. The number of nitrogens with zero attached hydrogens (tertiary/aromatic N) is 4. The van der Waals surface area contributed by atoms with Crippen LogP contribution in [0.3, 0.4) is 0 Å². The molecule has 0 amide bonds. The molecule has 0 spiro atoms. The number of ether oxygens (including phenoxy) is 1. The number of hydrogen-bond donors (Lipinski definition) is 0. The minimum absolute atomic E-state index is 0.0256. The fraction of sp³-hybridized carbons (Fsp3) is 0.241. The fourth-order valence-corrected chi connectivity index (χ4v) is 9.01. The summed E-state index contributed by atoms with van der Waals surface area (Å²) in [7, 11) is 0. The molecular weight excluding hydrogens is 769 g/mol. The van der Waals surface area contributed by atoms with Crippen LogP contribution < -0.4 is 9.30 Å². The van der Waals surface area contributed by atoms with E-state index in [0.29, 0.717) is 0 Å². The molecule has 0 radical (unpaired) electrons. The van der Waals surface area contributed by atoms with Crippen molar-refractivity contribution in [1.82, 2.24) is 14.1 Å². The van der Waals surface area contributed by atoms with Crippen LogP contribution >= 0.6 is 0 Å². The molecule has 0 saturated heterocycles. The number of imidazole rings is 1. The molecular formula is C58H58N4O. The summed E-state index contributed by atoms with van der Waals surface area (Å²) < 4.78 is 13.6. The van der Waals surface area contributed by atoms with Crippen molar-refractivity contribution >= 4 is 21.8 Å². The molecule has 63 heavy (non-hydrogen) atoms. The molecule has 0 aliphatic heterocycles. The van der Waals surface area contributed by atoms with Gasteiger partial charge in [-0.15, -0.1) is 0 Å². The Labute approximate surface area is 373 Å². The fourth-order valence-electron chi connectivity index (χ4n) is 9.01. The van der Waals surface area contributed by atoms with Gasteiger partial charge in [-0.3, -0.25) is 13.7 Å². The van der Waals surface area contributed by atoms with Gasteiger partial charge in [0.1, 0.15) is 17.3 Å². The van der Waals surface area contributed by atoms with E-state index in [9.17, 15) is 0 Å². The van der Waals surface area contributed by atoms with Crippen molar-refractivity contribution in [2.45, 2.75) is 90.9 Å². The third kappa shape index (κ3) is 7.75. The first-order valence-corrected chi connectivity index (χ1v) is 22.1. The summed E-state index contributed by atoms with van der Waals surface area (Å²) in [4.78, 5) is 4.96. The van der Waals surface area contributed by atoms with Gasteiger partial charge in [-0.1, -0.05) is 166 Å². The van der Waals surface area contributed by atoms with E-state index < -0.39 is 0 Å². The first-order chi connectivity index (χ1) is 30.0. The highest BCUT2D eigenvalue weighted by Crippen LogP contribution is 2.43. The molecule has 3 aromatic heterocycles. The van der Waals surface area contributed by atoms with Crippen molar-refractivity contribution in [2.75, 3.05) is 0 Å². The first-order valence-electron chi connectivity index (χ1n) is 22.1. The normalized spacial score (nSPS) is 12.6. The number of fused-ring (bicyclic) bond motifs is 3. The van der Waals surface area contributed by atoms with Gasteiger partial charge in [0.25, 0.3) is 6.33 Å². The zero-order chi connectivity index (χ0) is 44.3. The summed E-state index contributed by atoms with van der Waals surface area (Å²) in [5.74, 6) is 2.41. The van der Waals surface area contributed by atoms with Crippen molar-refractivity contribution in [2.24, 2.45) is 0 Å². The Morgan fingerprint density at radius 1 is 0.524 bits per heavy atom. The van der Waals surface area contributed by atoms with Gasteiger partial charge in [0, 0.05) is 40.1 Å². The molecule has 0 fully saturated rings. The van der Waals surface area contributed by atoms with Crippen LogP contribution in [-0.2, 0) is 21.7 Å². The lowest BCUT2D eigenvalue weighted by Gasteiger charge is -2.27. The molecule has 6 aromatic carbocycles. The quantitative estimate of drug-likeness (QED) is 0.107. The standard InChI is InChI=1S/C58H58N4O/c1-55(2,3)42-31-32-59-53(34-42)62-50-30-18-17-29-48(50)54-49(56(4,5)6)36-47(37-51(54)62)63-46-28-20-27-45(35-46)61-39-60(38-52(61)58(9,10)41-23-15-12-16-24-41)44-26-19-25-43(33-44)57(7,8)40-21-13-11-14-22-40/h11-38H,1-10H3. The Balaban J connectivity index is 1.17. The molecule has 0 aliphatic carbocycles. The van der Waals surface area contributed by atoms with E-state index in [2.05, 4.69) is 247 Å². The zero-order valence-electron chi connectivity index (χ0n) is 38.4. The minimum Gasteiger partial charge on any atom is -0.458 e. The number of para-hydroxylation sites is 1. The predicted molar refractivity (Wildman–Crippen MR) is 259 cm³/mol. The Kier molecular flexibility index (Phi) is 10.3. The van der Waals surface area contributed by atoms with E-state index in [4.69, 9.17) is 9.72 Å². The largest absolute Gasteiger partial charge is 0.458 e. The van der Waals surface area contributed by atoms with Gasteiger partial charge in [0.15, 0.2) is 0 Å². The van der Waals surface area contributed by atoms with E-state index in [1.165, 1.54) is 38.6 Å². The molecule has 9 rings (SSSR count). The van der Waals surface area contributed by atoms with E-state index in [-0.39, 0.29) is 21.7 Å². The van der Waals surface area contributed by atoms with Crippen LogP contribution in [0.4, 0.5) is 0 Å². The molecule has 3 heterocycles. The molecule has 5 heteroatoms. The van der Waals surface area contributed by atoms with Crippen LogP contribution in [0.25, 0.3) is 39.0 Å². The van der Waals surface area contributed by atoms with Crippen LogP contribution in [0.2, 0.25) is 0 Å². The van der Waals surface area contributed by atoms with Crippen LogP contribution in [0.5, 0.6) is 11.5 Å². The lowest BCUT2D eigenvalue weighted by Crippen LogP contribution is -2.30. The van der Waals surface area contributed by atoms with Crippen molar-refractivity contribution in [3.8, 4) is 28.7 Å². The molecule has 0 N–H and O–H groups in total. The lowest BCUT2D eigenvalue weighted by molar-refractivity contribution is -0.599. The van der Waals surface area contributed by atoms with Crippen LogP contribution in [-0.4, -0.2) is 14.1 Å². The van der Waals surface area contributed by atoms with Crippen LogP contribution in [0, 0.1) is 6.33 Å². The maximum absolute atomic E-state index is 6.98. The molecule has 0 atom stereocenters. The van der Waals surface area contributed by atoms with E-state index >= 15 is 0 Å². The van der Waals surface area contributed by atoms with Gasteiger partial charge in [-0.2, -0.15) is 0 Å². The van der Waals surface area contributed by atoms with Gasteiger partial charge in [0.2, 0.25) is 0 Å². The minimum atomic E-state index is -0.362. The van der Waals surface area contributed by atoms with E-state index in [0.717, 1.165) is 45.4 Å². The summed E-state index contributed by atoms with van der Waals surface area (Å²) in [6.07, 6.45) is 7.95. The third-order valence-corrected chi connectivity index (χ3v) is 12.9. The van der Waals surface area contributed by atoms with Gasteiger partial charge >= 0.3 is 0 Å². The van der Waals surface area contributed by atoms with Gasteiger partial charge < -0.3 is 4.74 Å². The average Bonchev–Trinajstić information content (AvgIpc) is 3.88. The van der Waals surface area contributed by atoms with Gasteiger partial charge in [-0.05, 0) is 93.2 Å². The molecule has 0 unspecified atom stereocenters. The van der Waals surface area contributed by atoms with Crippen molar-refractivity contribution in [3.63, 3.8) is 0 Å². The highest BCUT2D eigenvalue weighted by molar-refractivity contribution is 6.11. The van der Waals surface area contributed by atoms with Crippen molar-refractivity contribution < 1.29 is 9.30 Å². The summed E-state index contributed by atoms with van der Waals surface area (Å²) in [5.41, 5.74) is 10.7. The second-order valence-corrected chi connectivity index (χ2v) is 20.1. The molecule has 0 aliphatic rings. The van der Waals surface area contributed by atoms with E-state index in [1.54, 1.807) is 0 Å². The number of hydrogen-bond acceptors (Lipinski definition) is 2.